The lowest BCUT2D eigenvalue weighted by molar-refractivity contribution is -0.122. The first-order valence-corrected chi connectivity index (χ1v) is 8.33. The maximum Gasteiger partial charge on any atom is 0.228 e. The number of benzene rings is 2. The van der Waals surface area contributed by atoms with E-state index >= 15 is 0 Å². The number of carbonyl (C=O) groups excluding carboxylic acids is 2. The molecule has 1 aromatic heterocycles. The van der Waals surface area contributed by atoms with E-state index in [4.69, 9.17) is 0 Å². The van der Waals surface area contributed by atoms with Gasteiger partial charge in [0.05, 0.1) is 21.6 Å². The van der Waals surface area contributed by atoms with Gasteiger partial charge in [-0.2, -0.15) is 0 Å². The molecule has 1 aliphatic rings. The molecular weight excluding hydrogens is 308 g/mol. The summed E-state index contributed by atoms with van der Waals surface area (Å²) in [5, 5.41) is 2.97. The Morgan fingerprint density at radius 2 is 2.09 bits per heavy atom. The average molecular weight is 322 g/mol. The zero-order valence-corrected chi connectivity index (χ0v) is 13.1. The SMILES string of the molecule is O=C1CC(C(=O)NCc2cccc3ncsc23)c2ccccc21. The second-order valence-electron chi connectivity index (χ2n) is 5.60. The van der Waals surface area contributed by atoms with E-state index in [1.807, 2.05) is 41.9 Å². The Kier molecular flexibility index (Phi) is 3.42. The third-order valence-corrected chi connectivity index (χ3v) is 5.15. The molecule has 23 heavy (non-hydrogen) atoms. The minimum atomic E-state index is -0.376. The molecule has 1 aliphatic carbocycles. The number of carbonyl (C=O) groups is 2. The topological polar surface area (TPSA) is 59.1 Å². The number of nitrogens with zero attached hydrogens (tertiary/aromatic N) is 1. The van der Waals surface area contributed by atoms with Gasteiger partial charge in [-0.3, -0.25) is 9.59 Å². The van der Waals surface area contributed by atoms with Crippen LogP contribution in [0.1, 0.15) is 33.8 Å². The number of Topliss-reactive ketones (excluding diaryl/α,β-unsaturated/α-hetero) is 1. The average Bonchev–Trinajstić information content (AvgIpc) is 3.18. The Morgan fingerprint density at radius 1 is 1.22 bits per heavy atom. The van der Waals surface area contributed by atoms with Crippen molar-refractivity contribution in [2.75, 3.05) is 0 Å². The van der Waals surface area contributed by atoms with Crippen LogP contribution in [0, 0.1) is 0 Å². The van der Waals surface area contributed by atoms with Gasteiger partial charge in [0.1, 0.15) is 0 Å². The maximum atomic E-state index is 12.5. The van der Waals surface area contributed by atoms with Crippen LogP contribution >= 0.6 is 11.3 Å². The lowest BCUT2D eigenvalue weighted by Gasteiger charge is -2.12. The summed E-state index contributed by atoms with van der Waals surface area (Å²) in [6.45, 7) is 0.450. The van der Waals surface area contributed by atoms with Gasteiger partial charge in [0, 0.05) is 18.5 Å². The third kappa shape index (κ3) is 2.43. The van der Waals surface area contributed by atoms with E-state index in [0.717, 1.165) is 21.3 Å². The number of rotatable bonds is 3. The van der Waals surface area contributed by atoms with Crippen molar-refractivity contribution >= 4 is 33.2 Å². The van der Waals surface area contributed by atoms with Crippen LogP contribution in [-0.4, -0.2) is 16.7 Å². The second kappa shape index (κ2) is 5.59. The minimum Gasteiger partial charge on any atom is -0.351 e. The maximum absolute atomic E-state index is 12.5. The minimum absolute atomic E-state index is 0.0466. The molecule has 1 atom stereocenters. The van der Waals surface area contributed by atoms with Crippen molar-refractivity contribution in [3.8, 4) is 0 Å². The van der Waals surface area contributed by atoms with Crippen LogP contribution in [0.5, 0.6) is 0 Å². The lowest BCUT2D eigenvalue weighted by atomic mass is 10.0. The molecule has 0 saturated carbocycles. The molecule has 0 spiro atoms. The summed E-state index contributed by atoms with van der Waals surface area (Å²) < 4.78 is 1.09. The molecular formula is C18H14N2O2S. The van der Waals surface area contributed by atoms with Gasteiger partial charge >= 0.3 is 0 Å². The highest BCUT2D eigenvalue weighted by Crippen LogP contribution is 2.33. The van der Waals surface area contributed by atoms with Crippen molar-refractivity contribution in [3.63, 3.8) is 0 Å². The van der Waals surface area contributed by atoms with E-state index in [9.17, 15) is 9.59 Å². The van der Waals surface area contributed by atoms with Gasteiger partial charge < -0.3 is 5.32 Å². The quantitative estimate of drug-likeness (QED) is 0.805. The Balaban J connectivity index is 1.53. The first-order valence-electron chi connectivity index (χ1n) is 7.45. The van der Waals surface area contributed by atoms with Crippen LogP contribution in [0.15, 0.2) is 48.0 Å². The summed E-state index contributed by atoms with van der Waals surface area (Å²) in [7, 11) is 0. The molecule has 1 heterocycles. The van der Waals surface area contributed by atoms with Crippen molar-refractivity contribution in [2.45, 2.75) is 18.9 Å². The van der Waals surface area contributed by atoms with E-state index in [0.29, 0.717) is 12.1 Å². The van der Waals surface area contributed by atoms with Gasteiger partial charge in [-0.05, 0) is 17.2 Å². The summed E-state index contributed by atoms with van der Waals surface area (Å²) in [6.07, 6.45) is 0.260. The molecule has 5 heteroatoms. The van der Waals surface area contributed by atoms with Crippen LogP contribution < -0.4 is 5.32 Å². The first-order chi connectivity index (χ1) is 11.2. The van der Waals surface area contributed by atoms with E-state index in [1.165, 1.54) is 0 Å². The Hall–Kier alpha value is -2.53. The Morgan fingerprint density at radius 3 is 3.00 bits per heavy atom. The second-order valence-corrected chi connectivity index (χ2v) is 6.46. The van der Waals surface area contributed by atoms with Crippen molar-refractivity contribution in [3.05, 3.63) is 64.7 Å². The number of fused-ring (bicyclic) bond motifs is 2. The zero-order valence-electron chi connectivity index (χ0n) is 12.3. The molecule has 0 aliphatic heterocycles. The third-order valence-electron chi connectivity index (χ3n) is 4.23. The molecule has 1 amide bonds. The van der Waals surface area contributed by atoms with Gasteiger partial charge in [-0.1, -0.05) is 36.4 Å². The monoisotopic (exact) mass is 322 g/mol. The number of hydrogen-bond donors (Lipinski definition) is 1. The van der Waals surface area contributed by atoms with E-state index in [2.05, 4.69) is 10.3 Å². The predicted octanol–water partition coefficient (Wildman–Crippen LogP) is 3.28. The van der Waals surface area contributed by atoms with Crippen LogP contribution in [0.2, 0.25) is 0 Å². The molecule has 114 valence electrons. The molecule has 1 unspecified atom stereocenters. The number of hydrogen-bond acceptors (Lipinski definition) is 4. The molecule has 2 aromatic carbocycles. The standard InChI is InChI=1S/C18H14N2O2S/c21-16-8-14(12-5-1-2-6-13(12)16)18(22)19-9-11-4-3-7-15-17(11)23-10-20-15/h1-7,10,14H,8-9H2,(H,19,22). The molecule has 4 rings (SSSR count). The van der Waals surface area contributed by atoms with Crippen molar-refractivity contribution in [1.82, 2.24) is 10.3 Å². The van der Waals surface area contributed by atoms with E-state index in [-0.39, 0.29) is 24.0 Å². The van der Waals surface area contributed by atoms with E-state index in [1.54, 1.807) is 17.4 Å². The van der Waals surface area contributed by atoms with Gasteiger partial charge in [-0.15, -0.1) is 11.3 Å². The normalized spacial score (nSPS) is 16.5. The Bertz CT molecular complexity index is 916. The number of ketones is 1. The summed E-state index contributed by atoms with van der Waals surface area (Å²) in [6, 6.07) is 13.3. The molecule has 3 aromatic rings. The summed E-state index contributed by atoms with van der Waals surface area (Å²) in [5.74, 6) is -0.422. The first kappa shape index (κ1) is 14.1. The van der Waals surface area contributed by atoms with Crippen molar-refractivity contribution in [1.29, 1.82) is 0 Å². The number of amides is 1. The highest BCUT2D eigenvalue weighted by molar-refractivity contribution is 7.16. The fraction of sp³-hybridized carbons (Fsp3) is 0.167. The largest absolute Gasteiger partial charge is 0.351 e. The van der Waals surface area contributed by atoms with Crippen molar-refractivity contribution in [2.24, 2.45) is 0 Å². The number of thiazole rings is 1. The summed E-state index contributed by atoms with van der Waals surface area (Å²) >= 11 is 1.57. The number of aromatic nitrogens is 1. The Labute approximate surface area is 137 Å². The van der Waals surface area contributed by atoms with Crippen LogP contribution in [0.25, 0.3) is 10.2 Å². The van der Waals surface area contributed by atoms with Crippen LogP contribution in [0.4, 0.5) is 0 Å². The van der Waals surface area contributed by atoms with Crippen LogP contribution in [0.3, 0.4) is 0 Å². The van der Waals surface area contributed by atoms with Crippen molar-refractivity contribution < 1.29 is 9.59 Å². The van der Waals surface area contributed by atoms with Crippen LogP contribution in [-0.2, 0) is 11.3 Å². The summed E-state index contributed by atoms with van der Waals surface area (Å²) in [5.41, 5.74) is 5.32. The molecule has 1 N–H and O–H groups in total. The fourth-order valence-electron chi connectivity index (χ4n) is 3.08. The zero-order chi connectivity index (χ0) is 15.8. The van der Waals surface area contributed by atoms with Gasteiger partial charge in [0.2, 0.25) is 5.91 Å². The molecule has 0 bridgehead atoms. The molecule has 4 nitrogen and oxygen atoms in total. The highest BCUT2D eigenvalue weighted by atomic mass is 32.1. The van der Waals surface area contributed by atoms with E-state index < -0.39 is 0 Å². The van der Waals surface area contributed by atoms with Gasteiger partial charge in [-0.25, -0.2) is 4.98 Å². The highest BCUT2D eigenvalue weighted by Gasteiger charge is 2.33. The van der Waals surface area contributed by atoms with Gasteiger partial charge in [0.15, 0.2) is 5.78 Å². The lowest BCUT2D eigenvalue weighted by Crippen LogP contribution is -2.28. The predicted molar refractivity (Wildman–Crippen MR) is 89.6 cm³/mol. The molecule has 0 radical (unpaired) electrons. The van der Waals surface area contributed by atoms with Gasteiger partial charge in [0.25, 0.3) is 0 Å². The smallest absolute Gasteiger partial charge is 0.228 e. The fourth-order valence-corrected chi connectivity index (χ4v) is 3.89. The number of nitrogens with one attached hydrogen (secondary N) is 1. The molecule has 0 saturated heterocycles. The molecule has 0 fully saturated rings. The summed E-state index contributed by atoms with van der Waals surface area (Å²) in [4.78, 5) is 28.8.